The van der Waals surface area contributed by atoms with Crippen molar-refractivity contribution in [2.75, 3.05) is 18.9 Å². The average molecular weight is 323 g/mol. The first-order valence-electron chi connectivity index (χ1n) is 7.44. The normalized spacial score (nSPS) is 26.3. The summed E-state index contributed by atoms with van der Waals surface area (Å²) in [6.45, 7) is 2.44. The van der Waals surface area contributed by atoms with E-state index < -0.39 is 0 Å². The summed E-state index contributed by atoms with van der Waals surface area (Å²) in [7, 11) is 0.754. The minimum absolute atomic E-state index is 0.0364. The van der Waals surface area contributed by atoms with Gasteiger partial charge in [-0.05, 0) is 36.8 Å². The Hall–Kier alpha value is -1.61. The predicted molar refractivity (Wildman–Crippen MR) is 87.0 cm³/mol. The third-order valence-electron chi connectivity index (χ3n) is 4.35. The van der Waals surface area contributed by atoms with Crippen LogP contribution in [0.1, 0.15) is 23.7 Å². The predicted octanol–water partition coefficient (Wildman–Crippen LogP) is 2.02. The Balaban J connectivity index is 2.15. The van der Waals surface area contributed by atoms with Gasteiger partial charge in [-0.25, -0.2) is 0 Å². The maximum atomic E-state index is 11.7. The van der Waals surface area contributed by atoms with Crippen LogP contribution in [0.5, 0.6) is 11.5 Å². The molecule has 120 valence electrons. The van der Waals surface area contributed by atoms with Gasteiger partial charge in [0.25, 0.3) is 0 Å². The van der Waals surface area contributed by atoms with Crippen LogP contribution in [0.15, 0.2) is 18.2 Å². The molecule has 22 heavy (non-hydrogen) atoms. The number of phenolic OH excluding ortho intramolecular Hbond substituents is 1. The third-order valence-corrected chi connectivity index (χ3v) is 5.72. The molecule has 1 saturated heterocycles. The first kappa shape index (κ1) is 16.8. The van der Waals surface area contributed by atoms with Gasteiger partial charge in [-0.1, -0.05) is 13.0 Å². The summed E-state index contributed by atoms with van der Waals surface area (Å²) >= 11 is 0. The van der Waals surface area contributed by atoms with Crippen LogP contribution in [-0.4, -0.2) is 36.2 Å². The number of carbonyl (C=O) groups is 2. The van der Waals surface area contributed by atoms with Gasteiger partial charge in [-0.2, -0.15) is 0 Å². The van der Waals surface area contributed by atoms with Crippen LogP contribution in [0.2, 0.25) is 0 Å². The van der Waals surface area contributed by atoms with Crippen molar-refractivity contribution in [1.82, 2.24) is 0 Å². The van der Waals surface area contributed by atoms with E-state index in [0.717, 1.165) is 27.3 Å². The Morgan fingerprint density at radius 2 is 2.32 bits per heavy atom. The van der Waals surface area contributed by atoms with E-state index in [0.29, 0.717) is 24.6 Å². The van der Waals surface area contributed by atoms with Gasteiger partial charge >= 0.3 is 0 Å². The number of hydrogen-bond acceptors (Lipinski definition) is 4. The molecule has 4 unspecified atom stereocenters. The highest BCUT2D eigenvalue weighted by atomic mass is 31.1. The summed E-state index contributed by atoms with van der Waals surface area (Å²) < 4.78 is 5.76. The smallest absolute Gasteiger partial charge is 0.221 e. The number of ether oxygens (including phenoxy) is 1. The fourth-order valence-corrected chi connectivity index (χ4v) is 4.58. The quantitative estimate of drug-likeness (QED) is 0.641. The average Bonchev–Trinajstić information content (AvgIpc) is 2.67. The van der Waals surface area contributed by atoms with Gasteiger partial charge in [0.05, 0.1) is 12.2 Å². The number of hydrogen-bond donors (Lipinski definition) is 2. The molecule has 1 aromatic rings. The maximum Gasteiger partial charge on any atom is 0.221 e. The molecular weight excluding hydrogens is 301 g/mol. The summed E-state index contributed by atoms with van der Waals surface area (Å²) in [6, 6.07) is 4.71. The molecular formula is C16H22NO4P. The van der Waals surface area contributed by atoms with E-state index >= 15 is 0 Å². The molecule has 1 heterocycles. The largest absolute Gasteiger partial charge is 0.507 e. The highest BCUT2D eigenvalue weighted by molar-refractivity contribution is 7.38. The fourth-order valence-electron chi connectivity index (χ4n) is 2.90. The monoisotopic (exact) mass is 323 g/mol. The van der Waals surface area contributed by atoms with E-state index in [4.69, 9.17) is 10.5 Å². The van der Waals surface area contributed by atoms with Crippen LogP contribution < -0.4 is 10.5 Å². The lowest BCUT2D eigenvalue weighted by Crippen LogP contribution is -2.37. The molecule has 5 nitrogen and oxygen atoms in total. The number of rotatable bonds is 5. The van der Waals surface area contributed by atoms with E-state index in [-0.39, 0.29) is 29.1 Å². The Morgan fingerprint density at radius 1 is 1.55 bits per heavy atom. The van der Waals surface area contributed by atoms with Crippen molar-refractivity contribution in [3.63, 3.8) is 0 Å². The van der Waals surface area contributed by atoms with Crippen molar-refractivity contribution >= 4 is 20.8 Å². The number of amides is 1. The van der Waals surface area contributed by atoms with E-state index in [1.165, 1.54) is 6.07 Å². The number of phenols is 1. The Bertz CT molecular complexity index is 549. The molecule has 0 spiro atoms. The number of aromatic hydroxyl groups is 1. The lowest BCUT2D eigenvalue weighted by atomic mass is 9.82. The number of primary amides is 1. The Labute approximate surface area is 132 Å². The van der Waals surface area contributed by atoms with Crippen LogP contribution >= 0.6 is 8.58 Å². The second kappa shape index (κ2) is 7.59. The number of carbonyl (C=O) groups excluding carboxylic acids is 2. The molecule has 0 aromatic heterocycles. The lowest BCUT2D eigenvalue weighted by Gasteiger charge is -2.27. The first-order valence-corrected chi connectivity index (χ1v) is 8.86. The van der Waals surface area contributed by atoms with Gasteiger partial charge in [0.2, 0.25) is 5.91 Å². The lowest BCUT2D eigenvalue weighted by molar-refractivity contribution is -0.123. The SMILES string of the molecule is CC1CCPCC(C(N)=O)C1COc1cccc(O)c1C=O. The van der Waals surface area contributed by atoms with Gasteiger partial charge in [-0.15, -0.1) is 8.58 Å². The summed E-state index contributed by atoms with van der Waals surface area (Å²) in [4.78, 5) is 22.8. The van der Waals surface area contributed by atoms with Gasteiger partial charge in [0, 0.05) is 11.8 Å². The van der Waals surface area contributed by atoms with Gasteiger partial charge < -0.3 is 15.6 Å². The molecule has 2 rings (SSSR count). The zero-order valence-electron chi connectivity index (χ0n) is 12.6. The van der Waals surface area contributed by atoms with Gasteiger partial charge in [0.1, 0.15) is 11.5 Å². The summed E-state index contributed by atoms with van der Waals surface area (Å²) in [5.74, 6) is 0.152. The van der Waals surface area contributed by atoms with Crippen molar-refractivity contribution in [3.8, 4) is 11.5 Å². The molecule has 1 aromatic carbocycles. The Morgan fingerprint density at radius 3 is 3.00 bits per heavy atom. The van der Waals surface area contributed by atoms with Crippen molar-refractivity contribution in [1.29, 1.82) is 0 Å². The van der Waals surface area contributed by atoms with Crippen LogP contribution in [0.25, 0.3) is 0 Å². The number of nitrogens with two attached hydrogens (primary N) is 1. The van der Waals surface area contributed by atoms with Crippen LogP contribution in [0, 0.1) is 17.8 Å². The molecule has 1 amide bonds. The summed E-state index contributed by atoms with van der Waals surface area (Å²) in [6.07, 6.45) is 3.56. The minimum Gasteiger partial charge on any atom is -0.507 e. The van der Waals surface area contributed by atoms with Gasteiger partial charge in [0.15, 0.2) is 6.29 Å². The highest BCUT2D eigenvalue weighted by Gasteiger charge is 2.33. The molecule has 1 aliphatic rings. The molecule has 3 N–H and O–H groups in total. The Kier molecular flexibility index (Phi) is 5.78. The zero-order chi connectivity index (χ0) is 16.1. The van der Waals surface area contributed by atoms with E-state index in [9.17, 15) is 14.7 Å². The minimum atomic E-state index is -0.277. The molecule has 0 aliphatic carbocycles. The van der Waals surface area contributed by atoms with E-state index in [1.54, 1.807) is 12.1 Å². The first-order chi connectivity index (χ1) is 10.5. The summed E-state index contributed by atoms with van der Waals surface area (Å²) in [5, 5.41) is 9.68. The van der Waals surface area contributed by atoms with Crippen molar-refractivity contribution in [2.24, 2.45) is 23.5 Å². The molecule has 1 aliphatic heterocycles. The third kappa shape index (κ3) is 3.77. The molecule has 4 atom stereocenters. The van der Waals surface area contributed by atoms with Crippen LogP contribution in [0.4, 0.5) is 0 Å². The van der Waals surface area contributed by atoms with E-state index in [2.05, 4.69) is 6.92 Å². The second-order valence-electron chi connectivity index (χ2n) is 5.76. The van der Waals surface area contributed by atoms with Gasteiger partial charge in [-0.3, -0.25) is 9.59 Å². The fraction of sp³-hybridized carbons (Fsp3) is 0.500. The molecule has 6 heteroatoms. The number of benzene rings is 1. The van der Waals surface area contributed by atoms with E-state index in [1.807, 2.05) is 0 Å². The molecule has 0 bridgehead atoms. The van der Waals surface area contributed by atoms with Crippen molar-refractivity contribution < 1.29 is 19.4 Å². The molecule has 0 radical (unpaired) electrons. The van der Waals surface area contributed by atoms with Crippen molar-refractivity contribution in [2.45, 2.75) is 13.3 Å². The topological polar surface area (TPSA) is 89.6 Å². The molecule has 0 saturated carbocycles. The highest BCUT2D eigenvalue weighted by Crippen LogP contribution is 2.36. The maximum absolute atomic E-state index is 11.7. The number of aldehydes is 1. The second-order valence-corrected chi connectivity index (χ2v) is 7.17. The zero-order valence-corrected chi connectivity index (χ0v) is 13.6. The summed E-state index contributed by atoms with van der Waals surface area (Å²) in [5.41, 5.74) is 5.69. The standard InChI is InChI=1S/C16H22NO4P/c1-10-5-6-22-9-13(16(17)20)12(10)8-21-15-4-2-3-14(19)11(15)7-18/h2-4,7,10,12-13,19,22H,5-6,8-9H2,1H3,(H2,17,20). The van der Waals surface area contributed by atoms with Crippen molar-refractivity contribution in [3.05, 3.63) is 23.8 Å². The molecule has 1 fully saturated rings. The van der Waals surface area contributed by atoms with Crippen LogP contribution in [-0.2, 0) is 4.79 Å². The van der Waals surface area contributed by atoms with Crippen LogP contribution in [0.3, 0.4) is 0 Å².